The van der Waals surface area contributed by atoms with Gasteiger partial charge in [0.2, 0.25) is 0 Å². The van der Waals surface area contributed by atoms with Gasteiger partial charge in [0.05, 0.1) is 11.2 Å². The van der Waals surface area contributed by atoms with Crippen molar-refractivity contribution in [2.24, 2.45) is 5.92 Å². The highest BCUT2D eigenvalue weighted by Gasteiger charge is 2.52. The van der Waals surface area contributed by atoms with Crippen LogP contribution >= 0.6 is 22.6 Å². The van der Waals surface area contributed by atoms with E-state index in [-0.39, 0.29) is 11.2 Å². The van der Waals surface area contributed by atoms with Crippen LogP contribution < -0.4 is 0 Å². The summed E-state index contributed by atoms with van der Waals surface area (Å²) in [5.74, 6) is 0.778. The van der Waals surface area contributed by atoms with Crippen LogP contribution in [0.4, 0.5) is 0 Å². The lowest BCUT2D eigenvalue weighted by molar-refractivity contribution is -0.224. The van der Waals surface area contributed by atoms with Crippen LogP contribution in [0.1, 0.15) is 40.0 Å². The molecule has 3 rings (SSSR count). The van der Waals surface area contributed by atoms with Crippen molar-refractivity contribution >= 4 is 22.6 Å². The first kappa shape index (κ1) is 9.25. The summed E-state index contributed by atoms with van der Waals surface area (Å²) < 4.78 is 6.95. The molecule has 2 heterocycles. The molecular formula is C10H17IO. The van der Waals surface area contributed by atoms with Crippen LogP contribution in [0.2, 0.25) is 0 Å². The summed E-state index contributed by atoms with van der Waals surface area (Å²) in [5, 5.41) is 0. The molecule has 0 radical (unpaired) electrons. The maximum atomic E-state index is 6.13. The Bertz CT molecular complexity index is 199. The summed E-state index contributed by atoms with van der Waals surface area (Å²) in [5.41, 5.74) is 0.307. The van der Waals surface area contributed by atoms with Gasteiger partial charge in [0.15, 0.2) is 0 Å². The summed E-state index contributed by atoms with van der Waals surface area (Å²) in [6.45, 7) is 6.77. The first-order valence-electron chi connectivity index (χ1n) is 4.77. The number of hydrogen-bond acceptors (Lipinski definition) is 1. The molecule has 1 saturated carbocycles. The molecule has 3 aliphatic rings. The normalized spacial score (nSPS) is 51.0. The third-order valence-corrected chi connectivity index (χ3v) is 4.76. The van der Waals surface area contributed by atoms with Crippen molar-refractivity contribution in [2.75, 3.05) is 0 Å². The third kappa shape index (κ3) is 1.31. The Hall–Kier alpha value is 0.690. The second kappa shape index (κ2) is 2.59. The van der Waals surface area contributed by atoms with Gasteiger partial charge in [-0.15, -0.1) is 0 Å². The molecule has 3 atom stereocenters. The van der Waals surface area contributed by atoms with Gasteiger partial charge in [-0.05, 0) is 46.0 Å². The van der Waals surface area contributed by atoms with E-state index < -0.39 is 0 Å². The van der Waals surface area contributed by atoms with Crippen molar-refractivity contribution in [3.8, 4) is 0 Å². The van der Waals surface area contributed by atoms with E-state index in [4.69, 9.17) is 4.74 Å². The van der Waals surface area contributed by atoms with Crippen LogP contribution in [0.3, 0.4) is 0 Å². The first-order valence-corrected chi connectivity index (χ1v) is 6.02. The standard InChI is InChI=1S/C10H17IO/c1-9(2)7-4-5-10(3,12-9)6-8(7)11/h7-8H,4-6H2,1-3H3/t7-,8-,10+/m0/s1. The number of alkyl halides is 1. The van der Waals surface area contributed by atoms with Gasteiger partial charge in [-0.3, -0.25) is 0 Å². The topological polar surface area (TPSA) is 9.23 Å². The van der Waals surface area contributed by atoms with Gasteiger partial charge < -0.3 is 4.74 Å². The van der Waals surface area contributed by atoms with Gasteiger partial charge in [-0.2, -0.15) is 0 Å². The second-order valence-electron chi connectivity index (χ2n) is 5.02. The lowest BCUT2D eigenvalue weighted by Crippen LogP contribution is -2.58. The molecule has 1 aliphatic carbocycles. The van der Waals surface area contributed by atoms with Crippen molar-refractivity contribution in [2.45, 2.75) is 55.2 Å². The van der Waals surface area contributed by atoms with E-state index in [1.165, 1.54) is 19.3 Å². The number of halogens is 1. The summed E-state index contributed by atoms with van der Waals surface area (Å²) >= 11 is 2.60. The molecule has 12 heavy (non-hydrogen) atoms. The molecule has 2 heteroatoms. The maximum Gasteiger partial charge on any atom is 0.0672 e. The largest absolute Gasteiger partial charge is 0.369 e. The van der Waals surface area contributed by atoms with Gasteiger partial charge in [-0.25, -0.2) is 0 Å². The molecular weight excluding hydrogens is 263 g/mol. The highest BCUT2D eigenvalue weighted by molar-refractivity contribution is 14.1. The fraction of sp³-hybridized carbons (Fsp3) is 1.00. The number of rotatable bonds is 0. The summed E-state index contributed by atoms with van der Waals surface area (Å²) in [7, 11) is 0. The summed E-state index contributed by atoms with van der Waals surface area (Å²) in [4.78, 5) is 0. The van der Waals surface area contributed by atoms with Crippen molar-refractivity contribution in [3.05, 3.63) is 0 Å². The van der Waals surface area contributed by atoms with Crippen molar-refractivity contribution in [1.82, 2.24) is 0 Å². The zero-order chi connectivity index (χ0) is 8.98. The molecule has 0 aromatic carbocycles. The summed E-state index contributed by atoms with van der Waals surface area (Å²) in [6.07, 6.45) is 3.87. The minimum absolute atomic E-state index is 0.122. The van der Waals surface area contributed by atoms with Gasteiger partial charge >= 0.3 is 0 Å². The highest BCUT2D eigenvalue weighted by atomic mass is 127. The number of fused-ring (bicyclic) bond motifs is 3. The Kier molecular flexibility index (Phi) is 2.00. The minimum Gasteiger partial charge on any atom is -0.369 e. The quantitative estimate of drug-likeness (QED) is 0.489. The monoisotopic (exact) mass is 280 g/mol. The van der Waals surface area contributed by atoms with E-state index in [2.05, 4.69) is 43.4 Å². The van der Waals surface area contributed by atoms with Crippen LogP contribution in [0.5, 0.6) is 0 Å². The molecule has 0 amide bonds. The molecule has 1 nitrogen and oxygen atoms in total. The Morgan fingerprint density at radius 2 is 2.00 bits per heavy atom. The fourth-order valence-electron chi connectivity index (χ4n) is 2.89. The molecule has 2 saturated heterocycles. The number of hydrogen-bond donors (Lipinski definition) is 0. The zero-order valence-electron chi connectivity index (χ0n) is 8.06. The Balaban J connectivity index is 2.28. The zero-order valence-corrected chi connectivity index (χ0v) is 10.2. The minimum atomic E-state index is 0.122. The Morgan fingerprint density at radius 3 is 2.42 bits per heavy atom. The molecule has 2 aliphatic heterocycles. The fourth-order valence-corrected chi connectivity index (χ4v) is 5.04. The van der Waals surface area contributed by atoms with Crippen molar-refractivity contribution < 1.29 is 4.74 Å². The predicted molar refractivity (Wildman–Crippen MR) is 58.7 cm³/mol. The van der Waals surface area contributed by atoms with E-state index >= 15 is 0 Å². The van der Waals surface area contributed by atoms with Gasteiger partial charge in [-0.1, -0.05) is 22.6 Å². The Morgan fingerprint density at radius 1 is 1.33 bits per heavy atom. The van der Waals surface area contributed by atoms with Gasteiger partial charge in [0.25, 0.3) is 0 Å². The highest BCUT2D eigenvalue weighted by Crippen LogP contribution is 2.51. The maximum absolute atomic E-state index is 6.13. The molecule has 0 spiro atoms. The lowest BCUT2D eigenvalue weighted by atomic mass is 9.69. The van der Waals surface area contributed by atoms with Crippen LogP contribution in [0.25, 0.3) is 0 Å². The lowest BCUT2D eigenvalue weighted by Gasteiger charge is -2.56. The van der Waals surface area contributed by atoms with Gasteiger partial charge in [0, 0.05) is 3.92 Å². The van der Waals surface area contributed by atoms with Crippen molar-refractivity contribution in [1.29, 1.82) is 0 Å². The third-order valence-electron chi connectivity index (χ3n) is 3.45. The molecule has 0 unspecified atom stereocenters. The molecule has 0 aromatic heterocycles. The molecule has 2 bridgehead atoms. The van der Waals surface area contributed by atoms with Crippen LogP contribution in [-0.2, 0) is 4.74 Å². The van der Waals surface area contributed by atoms with Gasteiger partial charge in [0.1, 0.15) is 0 Å². The molecule has 70 valence electrons. The van der Waals surface area contributed by atoms with E-state index in [0.29, 0.717) is 0 Å². The smallest absolute Gasteiger partial charge is 0.0672 e. The average molecular weight is 280 g/mol. The molecule has 0 aromatic rings. The van der Waals surface area contributed by atoms with Crippen LogP contribution in [-0.4, -0.2) is 15.1 Å². The van der Waals surface area contributed by atoms with E-state index in [9.17, 15) is 0 Å². The van der Waals surface area contributed by atoms with Crippen LogP contribution in [0, 0.1) is 5.92 Å². The average Bonchev–Trinajstić information content (AvgIpc) is 1.80. The van der Waals surface area contributed by atoms with E-state index in [1.54, 1.807) is 0 Å². The van der Waals surface area contributed by atoms with E-state index in [0.717, 1.165) is 9.84 Å². The number of ether oxygens (including phenoxy) is 1. The van der Waals surface area contributed by atoms with Crippen LogP contribution in [0.15, 0.2) is 0 Å². The molecule has 0 N–H and O–H groups in total. The summed E-state index contributed by atoms with van der Waals surface area (Å²) in [6, 6.07) is 0. The van der Waals surface area contributed by atoms with Crippen molar-refractivity contribution in [3.63, 3.8) is 0 Å². The second-order valence-corrected chi connectivity index (χ2v) is 6.62. The van der Waals surface area contributed by atoms with E-state index in [1.807, 2.05) is 0 Å². The first-order chi connectivity index (χ1) is 5.43. The Labute approximate surface area is 88.4 Å². The SMILES string of the molecule is CC1(C)O[C@]2(C)CC[C@H]1[C@@H](I)C2. The predicted octanol–water partition coefficient (Wildman–Crippen LogP) is 3.16. The molecule has 3 fully saturated rings.